The summed E-state index contributed by atoms with van der Waals surface area (Å²) < 4.78 is 28.5. The SMILES string of the molecule is Cc1n[nH]c(CNCc2ccc(S(N)(=O)=O)cc2)c1Oc1cc(Cl)cc(C#N)c1. The number of ether oxygens (including phenoxy) is 1. The zero-order valence-corrected chi connectivity index (χ0v) is 17.0. The third-order valence-electron chi connectivity index (χ3n) is 4.06. The topological polar surface area (TPSA) is 134 Å². The van der Waals surface area contributed by atoms with E-state index in [1.807, 2.05) is 6.07 Å². The first-order valence-electron chi connectivity index (χ1n) is 8.51. The van der Waals surface area contributed by atoms with Crippen LogP contribution in [-0.2, 0) is 23.1 Å². The molecule has 0 spiro atoms. The summed E-state index contributed by atoms with van der Waals surface area (Å²) in [5.41, 5.74) is 2.68. The van der Waals surface area contributed by atoms with Crippen LogP contribution in [0.15, 0.2) is 47.4 Å². The van der Waals surface area contributed by atoms with Crippen LogP contribution in [-0.4, -0.2) is 18.6 Å². The Hall–Kier alpha value is -2.90. The van der Waals surface area contributed by atoms with Gasteiger partial charge in [-0.3, -0.25) is 5.10 Å². The lowest BCUT2D eigenvalue weighted by atomic mass is 10.2. The number of aryl methyl sites for hydroxylation is 1. The van der Waals surface area contributed by atoms with Gasteiger partial charge >= 0.3 is 0 Å². The maximum atomic E-state index is 11.3. The average molecular weight is 432 g/mol. The third-order valence-corrected chi connectivity index (χ3v) is 5.21. The van der Waals surface area contributed by atoms with E-state index < -0.39 is 10.0 Å². The summed E-state index contributed by atoms with van der Waals surface area (Å²) in [6.07, 6.45) is 0. The van der Waals surface area contributed by atoms with Gasteiger partial charge in [-0.1, -0.05) is 23.7 Å². The molecule has 8 nitrogen and oxygen atoms in total. The van der Waals surface area contributed by atoms with E-state index >= 15 is 0 Å². The van der Waals surface area contributed by atoms with E-state index in [4.69, 9.17) is 26.7 Å². The largest absolute Gasteiger partial charge is 0.453 e. The van der Waals surface area contributed by atoms with Crippen LogP contribution in [0.2, 0.25) is 5.02 Å². The quantitative estimate of drug-likeness (QED) is 0.526. The summed E-state index contributed by atoms with van der Waals surface area (Å²) in [6.45, 7) is 2.73. The Morgan fingerprint density at radius 3 is 2.62 bits per heavy atom. The molecule has 0 fully saturated rings. The van der Waals surface area contributed by atoms with Gasteiger partial charge in [0.05, 0.1) is 22.2 Å². The van der Waals surface area contributed by atoms with Crippen molar-refractivity contribution < 1.29 is 13.2 Å². The molecule has 0 unspecified atom stereocenters. The molecule has 4 N–H and O–H groups in total. The number of nitrogens with two attached hydrogens (primary N) is 1. The first-order chi connectivity index (χ1) is 13.8. The van der Waals surface area contributed by atoms with Gasteiger partial charge in [-0.05, 0) is 42.8 Å². The van der Waals surface area contributed by atoms with Crippen molar-refractivity contribution >= 4 is 21.6 Å². The molecule has 0 amide bonds. The monoisotopic (exact) mass is 431 g/mol. The lowest BCUT2D eigenvalue weighted by Gasteiger charge is -2.09. The van der Waals surface area contributed by atoms with Crippen molar-refractivity contribution in [1.82, 2.24) is 15.5 Å². The van der Waals surface area contributed by atoms with Crippen molar-refractivity contribution in [3.63, 3.8) is 0 Å². The van der Waals surface area contributed by atoms with E-state index in [0.29, 0.717) is 40.9 Å². The van der Waals surface area contributed by atoms with Crippen LogP contribution in [0.5, 0.6) is 11.5 Å². The number of benzene rings is 2. The fourth-order valence-corrected chi connectivity index (χ4v) is 3.40. The van der Waals surface area contributed by atoms with Crippen LogP contribution in [0.4, 0.5) is 0 Å². The van der Waals surface area contributed by atoms with Gasteiger partial charge in [-0.25, -0.2) is 13.6 Å². The highest BCUT2D eigenvalue weighted by atomic mass is 35.5. The number of hydrogen-bond donors (Lipinski definition) is 3. The Balaban J connectivity index is 1.67. The number of halogens is 1. The highest BCUT2D eigenvalue weighted by Gasteiger charge is 2.13. The molecule has 0 radical (unpaired) electrons. The lowest BCUT2D eigenvalue weighted by molar-refractivity contribution is 0.469. The number of H-pyrrole nitrogens is 1. The standard InChI is InChI=1S/C19H18ClN5O3S/c1-12-19(28-16-7-14(9-21)6-15(20)8-16)18(25-24-12)11-23-10-13-2-4-17(5-3-13)29(22,26)27/h2-8,23H,10-11H2,1H3,(H,24,25)(H2,22,26,27). The van der Waals surface area contributed by atoms with E-state index in [-0.39, 0.29) is 4.90 Å². The van der Waals surface area contributed by atoms with Gasteiger partial charge in [-0.15, -0.1) is 0 Å². The molecule has 1 aromatic heterocycles. The van der Waals surface area contributed by atoms with Crippen LogP contribution in [0.1, 0.15) is 22.5 Å². The van der Waals surface area contributed by atoms with Gasteiger partial charge in [0, 0.05) is 18.1 Å². The van der Waals surface area contributed by atoms with Crippen LogP contribution >= 0.6 is 11.6 Å². The number of primary sulfonamides is 1. The van der Waals surface area contributed by atoms with E-state index in [1.54, 1.807) is 37.3 Å². The van der Waals surface area contributed by atoms with E-state index in [2.05, 4.69) is 15.5 Å². The molecule has 0 aliphatic carbocycles. The van der Waals surface area contributed by atoms with Gasteiger partial charge in [0.2, 0.25) is 10.0 Å². The molecule has 0 saturated heterocycles. The van der Waals surface area contributed by atoms with E-state index in [9.17, 15) is 8.42 Å². The molecule has 150 valence electrons. The lowest BCUT2D eigenvalue weighted by Crippen LogP contribution is -2.15. The first-order valence-corrected chi connectivity index (χ1v) is 10.4. The van der Waals surface area contributed by atoms with E-state index in [1.165, 1.54) is 12.1 Å². The second kappa shape index (κ2) is 8.63. The Labute approximate surface area is 173 Å². The second-order valence-corrected chi connectivity index (χ2v) is 8.30. The summed E-state index contributed by atoms with van der Waals surface area (Å²) in [7, 11) is -3.70. The molecule has 1 heterocycles. The van der Waals surface area contributed by atoms with Gasteiger partial charge < -0.3 is 10.1 Å². The molecule has 10 heteroatoms. The van der Waals surface area contributed by atoms with Gasteiger partial charge in [-0.2, -0.15) is 10.4 Å². The molecule has 2 aromatic carbocycles. The minimum absolute atomic E-state index is 0.0689. The molecular weight excluding hydrogens is 414 g/mol. The van der Waals surface area contributed by atoms with Crippen molar-refractivity contribution in [2.24, 2.45) is 5.14 Å². The normalized spacial score (nSPS) is 11.2. The summed E-state index contributed by atoms with van der Waals surface area (Å²) in [5.74, 6) is 0.992. The number of hydrogen-bond acceptors (Lipinski definition) is 6. The summed E-state index contributed by atoms with van der Waals surface area (Å²) in [4.78, 5) is 0.0689. The number of aromatic nitrogens is 2. The van der Waals surface area contributed by atoms with Crippen molar-refractivity contribution in [2.45, 2.75) is 24.9 Å². The Bertz CT molecular complexity index is 1170. The molecule has 0 atom stereocenters. The Kier molecular flexibility index (Phi) is 6.20. The van der Waals surface area contributed by atoms with Crippen LogP contribution < -0.4 is 15.2 Å². The number of sulfonamides is 1. The van der Waals surface area contributed by atoms with Crippen LogP contribution in [0, 0.1) is 18.3 Å². The molecule has 3 rings (SSSR count). The third kappa shape index (κ3) is 5.34. The number of nitriles is 1. The minimum atomic E-state index is -3.70. The molecule has 29 heavy (non-hydrogen) atoms. The summed E-state index contributed by atoms with van der Waals surface area (Å²) >= 11 is 6.03. The summed E-state index contributed by atoms with van der Waals surface area (Å²) in [6, 6.07) is 13.1. The van der Waals surface area contributed by atoms with Crippen LogP contribution in [0.3, 0.4) is 0 Å². The van der Waals surface area contributed by atoms with Crippen molar-refractivity contribution in [3.05, 3.63) is 70.0 Å². The second-order valence-electron chi connectivity index (χ2n) is 6.30. The van der Waals surface area contributed by atoms with Crippen molar-refractivity contribution in [1.29, 1.82) is 5.26 Å². The van der Waals surface area contributed by atoms with Gasteiger partial charge in [0.1, 0.15) is 11.4 Å². The summed E-state index contributed by atoms with van der Waals surface area (Å²) in [5, 5.41) is 24.9. The number of nitrogens with zero attached hydrogens (tertiary/aromatic N) is 2. The molecule has 0 aliphatic heterocycles. The first kappa shape index (κ1) is 20.8. The van der Waals surface area contributed by atoms with Crippen LogP contribution in [0.25, 0.3) is 0 Å². The van der Waals surface area contributed by atoms with Gasteiger partial charge in [0.25, 0.3) is 0 Å². The zero-order chi connectivity index (χ0) is 21.0. The number of rotatable bonds is 7. The highest BCUT2D eigenvalue weighted by molar-refractivity contribution is 7.89. The predicted octanol–water partition coefficient (Wildman–Crippen LogP) is 2.97. The Morgan fingerprint density at radius 1 is 1.24 bits per heavy atom. The minimum Gasteiger partial charge on any atom is -0.453 e. The number of nitrogens with one attached hydrogen (secondary N) is 2. The molecule has 0 aliphatic rings. The number of aromatic amines is 1. The highest BCUT2D eigenvalue weighted by Crippen LogP contribution is 2.30. The molecule has 0 bridgehead atoms. The van der Waals surface area contributed by atoms with Crippen molar-refractivity contribution in [3.8, 4) is 17.6 Å². The molecular formula is C19H18ClN5O3S. The average Bonchev–Trinajstić information content (AvgIpc) is 3.01. The smallest absolute Gasteiger partial charge is 0.238 e. The van der Waals surface area contributed by atoms with Crippen molar-refractivity contribution in [2.75, 3.05) is 0 Å². The molecule has 3 aromatic rings. The maximum absolute atomic E-state index is 11.3. The fraction of sp³-hybridized carbons (Fsp3) is 0.158. The van der Waals surface area contributed by atoms with Gasteiger partial charge in [0.15, 0.2) is 5.75 Å². The maximum Gasteiger partial charge on any atom is 0.238 e. The predicted molar refractivity (Wildman–Crippen MR) is 108 cm³/mol. The Morgan fingerprint density at radius 2 is 1.97 bits per heavy atom. The molecule has 0 saturated carbocycles. The fourth-order valence-electron chi connectivity index (χ4n) is 2.66. The zero-order valence-electron chi connectivity index (χ0n) is 15.4. The van der Waals surface area contributed by atoms with E-state index in [0.717, 1.165) is 11.3 Å².